The van der Waals surface area contributed by atoms with Gasteiger partial charge in [0.1, 0.15) is 6.04 Å². The number of hydrogen-bond donors (Lipinski definition) is 3. The van der Waals surface area contributed by atoms with Crippen molar-refractivity contribution in [2.24, 2.45) is 0 Å². The highest BCUT2D eigenvalue weighted by Gasteiger charge is 2.50. The van der Waals surface area contributed by atoms with Crippen LogP contribution in [0.1, 0.15) is 17.2 Å². The second kappa shape index (κ2) is 10.5. The number of para-hydroxylation sites is 1. The van der Waals surface area contributed by atoms with Crippen molar-refractivity contribution in [3.05, 3.63) is 71.9 Å². The number of phenolic OH excluding ortho intramolecular Hbond substituents is 1. The lowest BCUT2D eigenvalue weighted by Crippen LogP contribution is -2.66. The Labute approximate surface area is 225 Å². The monoisotopic (exact) mass is 531 g/mol. The van der Waals surface area contributed by atoms with Crippen molar-refractivity contribution in [3.8, 4) is 28.7 Å². The minimum absolute atomic E-state index is 0.0805. The molecule has 1 aliphatic rings. The average molecular weight is 532 g/mol. The summed E-state index contributed by atoms with van der Waals surface area (Å²) in [6, 6.07) is 14.4. The number of aromatic hydroxyl groups is 1. The van der Waals surface area contributed by atoms with Gasteiger partial charge in [0.15, 0.2) is 23.0 Å². The number of nitrogens with one attached hydrogen (secondary N) is 2. The highest BCUT2D eigenvalue weighted by Crippen LogP contribution is 2.47. The average Bonchev–Trinajstić information content (AvgIpc) is 3.36. The van der Waals surface area contributed by atoms with Crippen LogP contribution in [0.2, 0.25) is 0 Å². The quantitative estimate of drug-likeness (QED) is 0.281. The van der Waals surface area contributed by atoms with Gasteiger partial charge in [-0.15, -0.1) is 0 Å². The maximum atomic E-state index is 13.6. The second-order valence-corrected chi connectivity index (χ2v) is 9.05. The minimum atomic E-state index is -0.866. The smallest absolute Gasteiger partial charge is 0.252 e. The largest absolute Gasteiger partial charge is 0.504 e. The SMILES string of the molecule is COc1ccc([C@H]2[C@H](NC(=O)Cc3c[nH]c4ccccc34)C(=O)N2c2cc(OC)c(OC)c(OC)c2)cc1O. The molecule has 39 heavy (non-hydrogen) atoms. The van der Waals surface area contributed by atoms with Crippen LogP contribution in [0.15, 0.2) is 60.8 Å². The number of nitrogens with zero attached hydrogens (tertiary/aromatic N) is 1. The summed E-state index contributed by atoms with van der Waals surface area (Å²) in [5.41, 5.74) is 2.85. The fraction of sp³-hybridized carbons (Fsp3) is 0.241. The summed E-state index contributed by atoms with van der Waals surface area (Å²) in [5.74, 6) is 0.735. The molecule has 4 aromatic rings. The number of carbonyl (C=O) groups excluding carboxylic acids is 2. The lowest BCUT2D eigenvalue weighted by Gasteiger charge is -2.47. The highest BCUT2D eigenvalue weighted by atomic mass is 16.5. The molecule has 3 aromatic carbocycles. The van der Waals surface area contributed by atoms with Crippen LogP contribution >= 0.6 is 0 Å². The maximum Gasteiger partial charge on any atom is 0.252 e. The number of rotatable bonds is 9. The van der Waals surface area contributed by atoms with Crippen molar-refractivity contribution in [1.29, 1.82) is 0 Å². The highest BCUT2D eigenvalue weighted by molar-refractivity contribution is 6.08. The molecule has 2 amide bonds. The topological polar surface area (TPSA) is 122 Å². The first-order chi connectivity index (χ1) is 18.9. The van der Waals surface area contributed by atoms with Gasteiger partial charge >= 0.3 is 0 Å². The van der Waals surface area contributed by atoms with Gasteiger partial charge in [0.05, 0.1) is 46.6 Å². The van der Waals surface area contributed by atoms with Crippen LogP contribution in [0, 0.1) is 0 Å². The molecule has 0 saturated carbocycles. The van der Waals surface area contributed by atoms with Crippen molar-refractivity contribution in [1.82, 2.24) is 10.3 Å². The van der Waals surface area contributed by atoms with E-state index in [1.165, 1.54) is 39.4 Å². The van der Waals surface area contributed by atoms with Gasteiger partial charge in [0.25, 0.3) is 5.91 Å². The number of carbonyl (C=O) groups is 2. The van der Waals surface area contributed by atoms with E-state index in [4.69, 9.17) is 18.9 Å². The molecule has 0 spiro atoms. The van der Waals surface area contributed by atoms with E-state index >= 15 is 0 Å². The number of aromatic amines is 1. The number of benzene rings is 3. The Kier molecular flexibility index (Phi) is 6.93. The number of aromatic nitrogens is 1. The Balaban J connectivity index is 1.49. The predicted octanol–water partition coefficient (Wildman–Crippen LogP) is 3.72. The summed E-state index contributed by atoms with van der Waals surface area (Å²) in [6.07, 6.45) is 1.90. The van der Waals surface area contributed by atoms with Gasteiger partial charge in [-0.05, 0) is 29.3 Å². The summed E-state index contributed by atoms with van der Waals surface area (Å²) in [5, 5.41) is 14.3. The molecule has 10 nitrogen and oxygen atoms in total. The van der Waals surface area contributed by atoms with Gasteiger partial charge in [-0.2, -0.15) is 0 Å². The van der Waals surface area contributed by atoms with Crippen molar-refractivity contribution < 1.29 is 33.6 Å². The fourth-order valence-corrected chi connectivity index (χ4v) is 5.03. The van der Waals surface area contributed by atoms with Gasteiger partial charge in [0, 0.05) is 29.2 Å². The summed E-state index contributed by atoms with van der Waals surface area (Å²) in [6.45, 7) is 0. The standard InChI is InChI=1S/C29H29N3O7/c1-36-22-10-9-16(11-21(22)33)27-26(31-25(34)12-17-15-30-20-8-6-5-7-19(17)20)29(35)32(27)18-13-23(37-2)28(39-4)24(14-18)38-3/h5-11,13-15,26-27,30,33H,12H2,1-4H3,(H,31,34)/t26-,27-/m0/s1. The first-order valence-corrected chi connectivity index (χ1v) is 12.2. The van der Waals surface area contributed by atoms with Crippen LogP contribution in [0.5, 0.6) is 28.7 Å². The molecule has 0 aliphatic carbocycles. The Morgan fingerprint density at radius 2 is 1.64 bits per heavy atom. The summed E-state index contributed by atoms with van der Waals surface area (Å²) in [4.78, 5) is 31.4. The van der Waals surface area contributed by atoms with E-state index in [1.807, 2.05) is 24.3 Å². The molecule has 1 fully saturated rings. The number of phenols is 1. The maximum absolute atomic E-state index is 13.6. The van der Waals surface area contributed by atoms with Gasteiger partial charge < -0.3 is 39.3 Å². The lowest BCUT2D eigenvalue weighted by atomic mass is 9.87. The molecule has 0 unspecified atom stereocenters. The lowest BCUT2D eigenvalue weighted by molar-refractivity contribution is -0.132. The van der Waals surface area contributed by atoms with E-state index in [0.717, 1.165) is 16.5 Å². The zero-order chi connectivity index (χ0) is 27.7. The second-order valence-electron chi connectivity index (χ2n) is 9.05. The van der Waals surface area contributed by atoms with Crippen LogP contribution in [-0.4, -0.2) is 56.4 Å². The van der Waals surface area contributed by atoms with E-state index in [2.05, 4.69) is 10.3 Å². The molecule has 202 valence electrons. The molecule has 3 N–H and O–H groups in total. The molecule has 1 aliphatic heterocycles. The molecular weight excluding hydrogens is 502 g/mol. The molecule has 2 atom stereocenters. The van der Waals surface area contributed by atoms with Gasteiger partial charge in [-0.3, -0.25) is 9.59 Å². The predicted molar refractivity (Wildman–Crippen MR) is 145 cm³/mol. The van der Waals surface area contributed by atoms with Crippen molar-refractivity contribution in [3.63, 3.8) is 0 Å². The molecule has 0 bridgehead atoms. The van der Waals surface area contributed by atoms with Crippen LogP contribution in [0.3, 0.4) is 0 Å². The van der Waals surface area contributed by atoms with E-state index in [1.54, 1.807) is 30.5 Å². The van der Waals surface area contributed by atoms with Gasteiger partial charge in [0.2, 0.25) is 11.7 Å². The first kappa shape index (κ1) is 25.8. The van der Waals surface area contributed by atoms with Crippen LogP contribution in [0.4, 0.5) is 5.69 Å². The van der Waals surface area contributed by atoms with E-state index in [9.17, 15) is 14.7 Å². The molecule has 10 heteroatoms. The number of anilines is 1. The molecule has 1 aromatic heterocycles. The van der Waals surface area contributed by atoms with Crippen molar-refractivity contribution in [2.75, 3.05) is 33.3 Å². The van der Waals surface area contributed by atoms with Gasteiger partial charge in [-0.1, -0.05) is 24.3 Å². The van der Waals surface area contributed by atoms with Crippen molar-refractivity contribution >= 4 is 28.4 Å². The number of methoxy groups -OCH3 is 4. The number of ether oxygens (including phenoxy) is 4. The van der Waals surface area contributed by atoms with Crippen LogP contribution in [0.25, 0.3) is 10.9 Å². The van der Waals surface area contributed by atoms with Crippen LogP contribution in [-0.2, 0) is 16.0 Å². The van der Waals surface area contributed by atoms with E-state index < -0.39 is 12.1 Å². The zero-order valence-electron chi connectivity index (χ0n) is 22.0. The first-order valence-electron chi connectivity index (χ1n) is 12.2. The van der Waals surface area contributed by atoms with Crippen LogP contribution < -0.4 is 29.2 Å². The Morgan fingerprint density at radius 1 is 0.949 bits per heavy atom. The Morgan fingerprint density at radius 3 is 2.28 bits per heavy atom. The van der Waals surface area contributed by atoms with Gasteiger partial charge in [-0.25, -0.2) is 0 Å². The fourth-order valence-electron chi connectivity index (χ4n) is 5.03. The summed E-state index contributed by atoms with van der Waals surface area (Å²) in [7, 11) is 5.94. The Hall–Kier alpha value is -4.86. The van der Waals surface area contributed by atoms with E-state index in [-0.39, 0.29) is 24.0 Å². The number of hydrogen-bond acceptors (Lipinski definition) is 7. The number of β-lactam (4-membered cyclic amide) rings is 1. The third kappa shape index (κ3) is 4.54. The number of fused-ring (bicyclic) bond motifs is 1. The molecular formula is C29H29N3O7. The number of H-pyrrole nitrogens is 1. The molecule has 5 rings (SSSR count). The molecule has 2 heterocycles. The van der Waals surface area contributed by atoms with E-state index in [0.29, 0.717) is 34.2 Å². The summed E-state index contributed by atoms with van der Waals surface area (Å²) < 4.78 is 21.6. The third-order valence-electron chi connectivity index (χ3n) is 6.91. The summed E-state index contributed by atoms with van der Waals surface area (Å²) >= 11 is 0. The Bertz CT molecular complexity index is 1520. The molecule has 1 saturated heterocycles. The zero-order valence-corrected chi connectivity index (χ0v) is 22.0. The number of amides is 2. The molecule has 0 radical (unpaired) electrons. The van der Waals surface area contributed by atoms with Crippen molar-refractivity contribution in [2.45, 2.75) is 18.5 Å². The normalized spacial score (nSPS) is 16.5. The minimum Gasteiger partial charge on any atom is -0.504 e. The third-order valence-corrected chi connectivity index (χ3v) is 6.91.